The third-order valence-electron chi connectivity index (χ3n) is 3.14. The number of benzene rings is 1. The Labute approximate surface area is 131 Å². The number of aliphatic carboxylic acids is 1. The van der Waals surface area contributed by atoms with E-state index in [1.165, 1.54) is 5.56 Å². The molecule has 0 aliphatic carbocycles. The van der Waals surface area contributed by atoms with E-state index in [1.54, 1.807) is 11.3 Å². The number of carboxylic acid groups (broad SMARTS) is 1. The SMILES string of the molecule is CN(Cc1csc(Br)c1)C(CC(=O)O)c1ccccc1. The Kier molecular flexibility index (Phi) is 5.34. The molecular formula is C15H16BrNO2S. The zero-order valence-electron chi connectivity index (χ0n) is 11.1. The van der Waals surface area contributed by atoms with Gasteiger partial charge in [0.15, 0.2) is 0 Å². The van der Waals surface area contributed by atoms with E-state index in [2.05, 4.69) is 32.3 Å². The lowest BCUT2D eigenvalue weighted by Crippen LogP contribution is -2.26. The lowest BCUT2D eigenvalue weighted by Gasteiger charge is -2.27. The van der Waals surface area contributed by atoms with Gasteiger partial charge in [-0.05, 0) is 45.6 Å². The summed E-state index contributed by atoms with van der Waals surface area (Å²) in [5, 5.41) is 11.2. The van der Waals surface area contributed by atoms with Crippen molar-refractivity contribution in [2.24, 2.45) is 0 Å². The molecule has 2 aromatic rings. The molecule has 1 unspecified atom stereocenters. The summed E-state index contributed by atoms with van der Waals surface area (Å²) in [4.78, 5) is 13.2. The highest BCUT2D eigenvalue weighted by molar-refractivity contribution is 9.11. The van der Waals surface area contributed by atoms with Crippen LogP contribution < -0.4 is 0 Å². The largest absolute Gasteiger partial charge is 0.481 e. The molecule has 0 spiro atoms. The highest BCUT2D eigenvalue weighted by atomic mass is 79.9. The van der Waals surface area contributed by atoms with Gasteiger partial charge in [-0.3, -0.25) is 9.69 Å². The van der Waals surface area contributed by atoms with Crippen LogP contribution in [0.25, 0.3) is 0 Å². The lowest BCUT2D eigenvalue weighted by molar-refractivity contribution is -0.138. The summed E-state index contributed by atoms with van der Waals surface area (Å²) in [6.07, 6.45) is 0.103. The minimum absolute atomic E-state index is 0.103. The number of thiophene rings is 1. The second-order valence-electron chi connectivity index (χ2n) is 4.70. The summed E-state index contributed by atoms with van der Waals surface area (Å²) in [5.41, 5.74) is 2.22. The van der Waals surface area contributed by atoms with E-state index in [9.17, 15) is 4.79 Å². The molecule has 0 aliphatic rings. The molecule has 1 heterocycles. The van der Waals surface area contributed by atoms with Crippen molar-refractivity contribution in [3.8, 4) is 0 Å². The number of rotatable bonds is 6. The smallest absolute Gasteiger partial charge is 0.305 e. The fraction of sp³-hybridized carbons (Fsp3) is 0.267. The van der Waals surface area contributed by atoms with Gasteiger partial charge in [-0.1, -0.05) is 30.3 Å². The standard InChI is InChI=1S/C15H16BrNO2S/c1-17(9-11-7-14(16)20-10-11)13(8-15(18)19)12-5-3-2-4-6-12/h2-7,10,13H,8-9H2,1H3,(H,18,19). The minimum atomic E-state index is -0.780. The summed E-state index contributed by atoms with van der Waals surface area (Å²) in [6, 6.07) is 11.7. The summed E-state index contributed by atoms with van der Waals surface area (Å²) >= 11 is 5.09. The average molecular weight is 354 g/mol. The first-order valence-corrected chi connectivity index (χ1v) is 7.93. The first-order chi connectivity index (χ1) is 9.56. The lowest BCUT2D eigenvalue weighted by atomic mass is 10.0. The predicted octanol–water partition coefficient (Wildman–Crippen LogP) is 4.16. The molecule has 1 N–H and O–H groups in total. The van der Waals surface area contributed by atoms with Crippen LogP contribution in [0.1, 0.15) is 23.6 Å². The number of hydrogen-bond acceptors (Lipinski definition) is 3. The fourth-order valence-electron chi connectivity index (χ4n) is 2.20. The molecule has 2 rings (SSSR count). The van der Waals surface area contributed by atoms with Crippen molar-refractivity contribution >= 4 is 33.2 Å². The molecule has 3 nitrogen and oxygen atoms in total. The molecule has 1 aromatic carbocycles. The first-order valence-electron chi connectivity index (χ1n) is 6.26. The summed E-state index contributed by atoms with van der Waals surface area (Å²) < 4.78 is 1.09. The molecule has 0 amide bonds. The quantitative estimate of drug-likeness (QED) is 0.847. The molecule has 5 heteroatoms. The van der Waals surface area contributed by atoms with Gasteiger partial charge in [-0.25, -0.2) is 0 Å². The van der Waals surface area contributed by atoms with Gasteiger partial charge in [0, 0.05) is 12.6 Å². The van der Waals surface area contributed by atoms with Crippen LogP contribution in [-0.4, -0.2) is 23.0 Å². The molecule has 0 fully saturated rings. The zero-order valence-corrected chi connectivity index (χ0v) is 13.5. The van der Waals surface area contributed by atoms with E-state index in [4.69, 9.17) is 5.11 Å². The van der Waals surface area contributed by atoms with Crippen LogP contribution in [0.2, 0.25) is 0 Å². The third-order valence-corrected chi connectivity index (χ3v) is 4.69. The molecule has 1 aromatic heterocycles. The normalized spacial score (nSPS) is 12.6. The molecule has 20 heavy (non-hydrogen) atoms. The van der Waals surface area contributed by atoms with Crippen molar-refractivity contribution in [1.29, 1.82) is 0 Å². The number of nitrogens with zero attached hydrogens (tertiary/aromatic N) is 1. The van der Waals surface area contributed by atoms with Gasteiger partial charge >= 0.3 is 5.97 Å². The second-order valence-corrected chi connectivity index (χ2v) is 6.99. The monoisotopic (exact) mass is 353 g/mol. The van der Waals surface area contributed by atoms with Gasteiger partial charge in [-0.15, -0.1) is 11.3 Å². The molecule has 1 atom stereocenters. The summed E-state index contributed by atoms with van der Waals surface area (Å²) in [5.74, 6) is -0.780. The number of carboxylic acids is 1. The van der Waals surface area contributed by atoms with Crippen molar-refractivity contribution < 1.29 is 9.90 Å². The molecule has 0 saturated carbocycles. The van der Waals surface area contributed by atoms with Crippen LogP contribution in [0.4, 0.5) is 0 Å². The topological polar surface area (TPSA) is 40.5 Å². The van der Waals surface area contributed by atoms with Crippen molar-refractivity contribution in [2.75, 3.05) is 7.05 Å². The molecule has 106 valence electrons. The van der Waals surface area contributed by atoms with Crippen LogP contribution in [0.3, 0.4) is 0 Å². The third kappa shape index (κ3) is 4.16. The summed E-state index contributed by atoms with van der Waals surface area (Å²) in [6.45, 7) is 0.731. The Balaban J connectivity index is 2.15. The molecule has 0 saturated heterocycles. The summed E-state index contributed by atoms with van der Waals surface area (Å²) in [7, 11) is 1.96. The van der Waals surface area contributed by atoms with E-state index in [1.807, 2.05) is 37.4 Å². The Morgan fingerprint density at radius 1 is 1.40 bits per heavy atom. The van der Waals surface area contributed by atoms with Crippen molar-refractivity contribution in [2.45, 2.75) is 19.0 Å². The Bertz CT molecular complexity index is 570. The van der Waals surface area contributed by atoms with Gasteiger partial charge in [0.2, 0.25) is 0 Å². The fourth-order valence-corrected chi connectivity index (χ4v) is 3.40. The maximum Gasteiger partial charge on any atom is 0.305 e. The van der Waals surface area contributed by atoms with Crippen molar-refractivity contribution in [3.05, 3.63) is 56.7 Å². The van der Waals surface area contributed by atoms with Crippen LogP contribution in [0, 0.1) is 0 Å². The molecule has 0 radical (unpaired) electrons. The molecule has 0 bridgehead atoms. The highest BCUT2D eigenvalue weighted by Gasteiger charge is 2.20. The number of halogens is 1. The predicted molar refractivity (Wildman–Crippen MR) is 84.9 cm³/mol. The van der Waals surface area contributed by atoms with Gasteiger partial charge in [0.25, 0.3) is 0 Å². The highest BCUT2D eigenvalue weighted by Crippen LogP contribution is 2.27. The average Bonchev–Trinajstić information content (AvgIpc) is 2.82. The second kappa shape index (κ2) is 7.02. The Morgan fingerprint density at radius 3 is 2.65 bits per heavy atom. The van der Waals surface area contributed by atoms with E-state index < -0.39 is 5.97 Å². The Morgan fingerprint density at radius 2 is 2.10 bits per heavy atom. The van der Waals surface area contributed by atoms with Crippen LogP contribution >= 0.6 is 27.3 Å². The van der Waals surface area contributed by atoms with E-state index in [0.717, 1.165) is 15.9 Å². The van der Waals surface area contributed by atoms with E-state index in [-0.39, 0.29) is 12.5 Å². The minimum Gasteiger partial charge on any atom is -0.481 e. The van der Waals surface area contributed by atoms with Crippen LogP contribution in [0.15, 0.2) is 45.6 Å². The van der Waals surface area contributed by atoms with Gasteiger partial charge in [0.1, 0.15) is 0 Å². The maximum atomic E-state index is 11.1. The molecule has 0 aliphatic heterocycles. The Hall–Kier alpha value is -1.17. The maximum absolute atomic E-state index is 11.1. The first kappa shape index (κ1) is 15.2. The molecular weight excluding hydrogens is 338 g/mol. The number of carbonyl (C=O) groups is 1. The number of hydrogen-bond donors (Lipinski definition) is 1. The van der Waals surface area contributed by atoms with Crippen LogP contribution in [0.5, 0.6) is 0 Å². The van der Waals surface area contributed by atoms with Crippen molar-refractivity contribution in [1.82, 2.24) is 4.90 Å². The van der Waals surface area contributed by atoms with Gasteiger partial charge in [0.05, 0.1) is 10.2 Å². The van der Waals surface area contributed by atoms with Crippen molar-refractivity contribution in [3.63, 3.8) is 0 Å². The van der Waals surface area contributed by atoms with E-state index >= 15 is 0 Å². The van der Waals surface area contributed by atoms with Crippen LogP contribution in [-0.2, 0) is 11.3 Å². The van der Waals surface area contributed by atoms with Gasteiger partial charge in [-0.2, -0.15) is 0 Å². The van der Waals surface area contributed by atoms with Gasteiger partial charge < -0.3 is 5.11 Å². The zero-order chi connectivity index (χ0) is 14.5. The van der Waals surface area contributed by atoms with E-state index in [0.29, 0.717) is 0 Å².